The maximum absolute atomic E-state index is 12.5. The third-order valence-corrected chi connectivity index (χ3v) is 2.60. The SMILES string of the molecule is O=C(O)C(O)(Cc1ccccc1Cl)C(F)(F)F. The highest BCUT2D eigenvalue weighted by atomic mass is 35.5. The van der Waals surface area contributed by atoms with Gasteiger partial charge in [0.2, 0.25) is 0 Å². The molecule has 0 fully saturated rings. The Morgan fingerprint density at radius 1 is 1.29 bits per heavy atom. The summed E-state index contributed by atoms with van der Waals surface area (Å²) in [4.78, 5) is 10.6. The third-order valence-electron chi connectivity index (χ3n) is 2.23. The van der Waals surface area contributed by atoms with Gasteiger partial charge in [0.25, 0.3) is 5.60 Å². The Hall–Kier alpha value is -1.27. The first-order valence-corrected chi connectivity index (χ1v) is 4.82. The van der Waals surface area contributed by atoms with E-state index in [1.54, 1.807) is 0 Å². The minimum atomic E-state index is -5.28. The molecule has 3 nitrogen and oxygen atoms in total. The fourth-order valence-corrected chi connectivity index (χ4v) is 1.42. The molecule has 0 spiro atoms. The summed E-state index contributed by atoms with van der Waals surface area (Å²) in [5.74, 6) is -2.36. The second-order valence-electron chi connectivity index (χ2n) is 3.43. The fourth-order valence-electron chi connectivity index (χ4n) is 1.21. The predicted molar refractivity (Wildman–Crippen MR) is 53.8 cm³/mol. The van der Waals surface area contributed by atoms with E-state index in [4.69, 9.17) is 16.7 Å². The van der Waals surface area contributed by atoms with Gasteiger partial charge in [-0.1, -0.05) is 29.8 Å². The number of benzene rings is 1. The molecular weight excluding hydrogens is 261 g/mol. The molecule has 0 bridgehead atoms. The van der Waals surface area contributed by atoms with Gasteiger partial charge in [0, 0.05) is 11.4 Å². The highest BCUT2D eigenvalue weighted by Gasteiger charge is 2.60. The van der Waals surface area contributed by atoms with Crippen molar-refractivity contribution in [2.75, 3.05) is 0 Å². The normalized spacial score (nSPS) is 15.4. The quantitative estimate of drug-likeness (QED) is 0.884. The van der Waals surface area contributed by atoms with Gasteiger partial charge in [-0.05, 0) is 11.6 Å². The molecule has 0 radical (unpaired) electrons. The van der Waals surface area contributed by atoms with Gasteiger partial charge < -0.3 is 10.2 Å². The molecular formula is C10H8ClF3O3. The third kappa shape index (κ3) is 2.70. The van der Waals surface area contributed by atoms with Crippen molar-refractivity contribution in [3.8, 4) is 0 Å². The first kappa shape index (κ1) is 13.8. The molecule has 0 aliphatic heterocycles. The van der Waals surface area contributed by atoms with E-state index in [2.05, 4.69) is 0 Å². The zero-order chi connectivity index (χ0) is 13.3. The van der Waals surface area contributed by atoms with E-state index in [1.165, 1.54) is 24.3 Å². The lowest BCUT2D eigenvalue weighted by molar-refractivity contribution is -0.259. The average Bonchev–Trinajstić information content (AvgIpc) is 2.19. The number of carboxylic acids is 1. The number of hydrogen-bond donors (Lipinski definition) is 2. The van der Waals surface area contributed by atoms with Gasteiger partial charge in [0.1, 0.15) is 0 Å². The summed E-state index contributed by atoms with van der Waals surface area (Å²) in [5.41, 5.74) is -3.92. The zero-order valence-corrected chi connectivity index (χ0v) is 9.09. The van der Waals surface area contributed by atoms with Gasteiger partial charge in [-0.3, -0.25) is 0 Å². The van der Waals surface area contributed by atoms with Crippen LogP contribution >= 0.6 is 11.6 Å². The summed E-state index contributed by atoms with van der Waals surface area (Å²) in [6.45, 7) is 0. The van der Waals surface area contributed by atoms with Crippen molar-refractivity contribution in [1.82, 2.24) is 0 Å². The van der Waals surface area contributed by atoms with Gasteiger partial charge >= 0.3 is 12.1 Å². The molecule has 94 valence electrons. The van der Waals surface area contributed by atoms with Crippen LogP contribution in [0.4, 0.5) is 13.2 Å². The predicted octanol–water partition coefficient (Wildman–Crippen LogP) is 2.26. The van der Waals surface area contributed by atoms with Gasteiger partial charge in [-0.25, -0.2) is 4.79 Å². The highest BCUT2D eigenvalue weighted by Crippen LogP contribution is 2.35. The lowest BCUT2D eigenvalue weighted by atomic mass is 9.94. The number of alkyl halides is 3. The fraction of sp³-hybridized carbons (Fsp3) is 0.300. The molecule has 2 N–H and O–H groups in total. The van der Waals surface area contributed by atoms with Crippen molar-refractivity contribution in [2.45, 2.75) is 18.2 Å². The average molecular weight is 269 g/mol. The Labute approximate surface area is 99.4 Å². The van der Waals surface area contributed by atoms with E-state index < -0.39 is 24.2 Å². The molecule has 1 aromatic carbocycles. The molecule has 0 saturated carbocycles. The van der Waals surface area contributed by atoms with Crippen LogP contribution in [0.15, 0.2) is 24.3 Å². The Bertz CT molecular complexity index is 433. The molecule has 0 heterocycles. The van der Waals surface area contributed by atoms with Crippen molar-refractivity contribution < 1.29 is 28.2 Å². The number of carboxylic acid groups (broad SMARTS) is 1. The molecule has 0 aliphatic rings. The Morgan fingerprint density at radius 3 is 2.24 bits per heavy atom. The van der Waals surface area contributed by atoms with Crippen LogP contribution in [0.5, 0.6) is 0 Å². The number of rotatable bonds is 3. The minimum absolute atomic E-state index is 0.0311. The maximum Gasteiger partial charge on any atom is 0.428 e. The van der Waals surface area contributed by atoms with Gasteiger partial charge in [0.05, 0.1) is 0 Å². The van der Waals surface area contributed by atoms with Crippen LogP contribution in [0.1, 0.15) is 5.56 Å². The maximum atomic E-state index is 12.5. The van der Waals surface area contributed by atoms with E-state index >= 15 is 0 Å². The van der Waals surface area contributed by atoms with Crippen molar-refractivity contribution in [3.63, 3.8) is 0 Å². The van der Waals surface area contributed by atoms with Crippen molar-refractivity contribution >= 4 is 17.6 Å². The van der Waals surface area contributed by atoms with Gasteiger partial charge in [-0.15, -0.1) is 0 Å². The van der Waals surface area contributed by atoms with Crippen LogP contribution in [-0.2, 0) is 11.2 Å². The van der Waals surface area contributed by atoms with Crippen LogP contribution < -0.4 is 0 Å². The number of carbonyl (C=O) groups is 1. The van der Waals surface area contributed by atoms with E-state index in [1.807, 2.05) is 0 Å². The van der Waals surface area contributed by atoms with Crippen molar-refractivity contribution in [3.05, 3.63) is 34.9 Å². The van der Waals surface area contributed by atoms with Crippen LogP contribution in [-0.4, -0.2) is 28.0 Å². The monoisotopic (exact) mass is 268 g/mol. The Balaban J connectivity index is 3.13. The first-order chi connectivity index (χ1) is 7.68. The molecule has 7 heteroatoms. The number of aliphatic carboxylic acids is 1. The summed E-state index contributed by atoms with van der Waals surface area (Å²) in [6, 6.07) is 5.43. The first-order valence-electron chi connectivity index (χ1n) is 4.44. The van der Waals surface area contributed by atoms with Crippen LogP contribution in [0, 0.1) is 0 Å². The topological polar surface area (TPSA) is 57.5 Å². The molecule has 1 aromatic rings. The smallest absolute Gasteiger partial charge is 0.428 e. The molecule has 1 unspecified atom stereocenters. The van der Waals surface area contributed by atoms with Crippen LogP contribution in [0.25, 0.3) is 0 Å². The van der Waals surface area contributed by atoms with Crippen LogP contribution in [0.2, 0.25) is 5.02 Å². The second kappa shape index (κ2) is 4.54. The zero-order valence-electron chi connectivity index (χ0n) is 8.33. The largest absolute Gasteiger partial charge is 0.479 e. The summed E-state index contributed by atoms with van der Waals surface area (Å²) in [5, 5.41) is 17.7. The lowest BCUT2D eigenvalue weighted by Gasteiger charge is -2.26. The second-order valence-corrected chi connectivity index (χ2v) is 3.84. The summed E-state index contributed by atoms with van der Waals surface area (Å²) < 4.78 is 37.5. The molecule has 1 atom stereocenters. The van der Waals surface area contributed by atoms with Crippen molar-refractivity contribution in [2.24, 2.45) is 0 Å². The molecule has 1 rings (SSSR count). The Morgan fingerprint density at radius 2 is 1.82 bits per heavy atom. The summed E-state index contributed by atoms with van der Waals surface area (Å²) in [6.07, 6.45) is -6.41. The van der Waals surface area contributed by atoms with Gasteiger partial charge in [0.15, 0.2) is 0 Å². The highest BCUT2D eigenvalue weighted by molar-refractivity contribution is 6.31. The van der Waals surface area contributed by atoms with E-state index in [-0.39, 0.29) is 10.6 Å². The molecule has 0 aliphatic carbocycles. The standard InChI is InChI=1S/C10H8ClF3O3/c11-7-4-2-1-3-6(7)5-9(17,8(15)16)10(12,13)14/h1-4,17H,5H2,(H,15,16). The van der Waals surface area contributed by atoms with Gasteiger partial charge in [-0.2, -0.15) is 13.2 Å². The minimum Gasteiger partial charge on any atom is -0.479 e. The van der Waals surface area contributed by atoms with Crippen LogP contribution in [0.3, 0.4) is 0 Å². The summed E-state index contributed by atoms with van der Waals surface area (Å²) in [7, 11) is 0. The van der Waals surface area contributed by atoms with Crippen molar-refractivity contribution in [1.29, 1.82) is 0 Å². The lowest BCUT2D eigenvalue weighted by Crippen LogP contribution is -2.53. The number of hydrogen-bond acceptors (Lipinski definition) is 2. The van der Waals surface area contributed by atoms with E-state index in [9.17, 15) is 23.1 Å². The molecule has 17 heavy (non-hydrogen) atoms. The molecule has 0 aromatic heterocycles. The molecule has 0 saturated heterocycles. The summed E-state index contributed by atoms with van der Waals surface area (Å²) >= 11 is 5.61. The Kier molecular flexibility index (Phi) is 3.68. The van der Waals surface area contributed by atoms with E-state index in [0.29, 0.717) is 0 Å². The molecule has 0 amide bonds. The number of aliphatic hydroxyl groups is 1. The number of halogens is 4. The van der Waals surface area contributed by atoms with E-state index in [0.717, 1.165) is 0 Å².